The van der Waals surface area contributed by atoms with Crippen molar-refractivity contribution in [2.24, 2.45) is 11.8 Å². The molecule has 4 aliphatic carbocycles. The third-order valence-corrected chi connectivity index (χ3v) is 7.24. The van der Waals surface area contributed by atoms with Crippen LogP contribution in [0.25, 0.3) is 5.57 Å². The molecule has 26 heavy (non-hydrogen) atoms. The second kappa shape index (κ2) is 5.36. The highest BCUT2D eigenvalue weighted by molar-refractivity contribution is 5.91. The minimum atomic E-state index is 0.103. The zero-order valence-electron chi connectivity index (χ0n) is 15.1. The Morgan fingerprint density at radius 1 is 0.923 bits per heavy atom. The molecule has 1 N–H and O–H groups in total. The third-order valence-electron chi connectivity index (χ3n) is 7.24. The molecule has 1 heterocycles. The van der Waals surface area contributed by atoms with Crippen molar-refractivity contribution in [3.8, 4) is 0 Å². The second-order valence-electron chi connectivity index (χ2n) is 8.34. The zero-order chi connectivity index (χ0) is 17.1. The van der Waals surface area contributed by atoms with Gasteiger partial charge in [-0.05, 0) is 54.4 Å². The van der Waals surface area contributed by atoms with Gasteiger partial charge in [-0.3, -0.25) is 0 Å². The van der Waals surface area contributed by atoms with E-state index < -0.39 is 0 Å². The van der Waals surface area contributed by atoms with E-state index in [9.17, 15) is 0 Å². The Morgan fingerprint density at radius 2 is 1.81 bits per heavy atom. The summed E-state index contributed by atoms with van der Waals surface area (Å²) in [5, 5.41) is 3.91. The van der Waals surface area contributed by atoms with Crippen molar-refractivity contribution in [2.75, 3.05) is 0 Å². The summed E-state index contributed by atoms with van der Waals surface area (Å²) < 4.78 is 0. The molecule has 1 heteroatoms. The largest absolute Gasteiger partial charge is 0.381 e. The van der Waals surface area contributed by atoms with Gasteiger partial charge in [0.05, 0.1) is 6.04 Å². The normalized spacial score (nSPS) is 36.2. The summed E-state index contributed by atoms with van der Waals surface area (Å²) in [6.07, 6.45) is 23.1. The molecule has 4 unspecified atom stereocenters. The lowest BCUT2D eigenvalue weighted by molar-refractivity contribution is 0.184. The van der Waals surface area contributed by atoms with Gasteiger partial charge in [0.15, 0.2) is 0 Å². The highest BCUT2D eigenvalue weighted by Crippen LogP contribution is 2.64. The fraction of sp³-hybridized carbons (Fsp3) is 0.360. The van der Waals surface area contributed by atoms with Crippen LogP contribution in [0.1, 0.15) is 43.2 Å². The number of nitrogens with one attached hydrogen (secondary N) is 1. The monoisotopic (exact) mass is 339 g/mol. The fourth-order valence-electron chi connectivity index (χ4n) is 6.39. The number of allylic oxidation sites excluding steroid dienone is 8. The van der Waals surface area contributed by atoms with E-state index in [4.69, 9.17) is 0 Å². The van der Waals surface area contributed by atoms with Gasteiger partial charge in [0.2, 0.25) is 0 Å². The topological polar surface area (TPSA) is 12.0 Å². The van der Waals surface area contributed by atoms with Crippen LogP contribution in [-0.2, 0) is 5.41 Å². The summed E-state index contributed by atoms with van der Waals surface area (Å²) in [5.74, 6) is 1.06. The van der Waals surface area contributed by atoms with E-state index in [0.29, 0.717) is 17.9 Å². The van der Waals surface area contributed by atoms with Gasteiger partial charge in [-0.1, -0.05) is 66.8 Å². The molecule has 1 aliphatic heterocycles. The third kappa shape index (κ3) is 1.72. The molecule has 0 aromatic heterocycles. The van der Waals surface area contributed by atoms with E-state index in [-0.39, 0.29) is 5.41 Å². The Hall–Kier alpha value is -2.28. The highest BCUT2D eigenvalue weighted by Gasteiger charge is 2.59. The minimum Gasteiger partial charge on any atom is -0.381 e. The van der Waals surface area contributed by atoms with Gasteiger partial charge in [0.25, 0.3) is 0 Å². The first-order chi connectivity index (χ1) is 12.9. The smallest absolute Gasteiger partial charge is 0.0519 e. The molecular weight excluding hydrogens is 314 g/mol. The molecule has 1 aromatic carbocycles. The maximum atomic E-state index is 3.91. The Kier molecular flexibility index (Phi) is 3.06. The first kappa shape index (κ1) is 14.8. The van der Waals surface area contributed by atoms with E-state index in [1.165, 1.54) is 48.9 Å². The molecule has 5 aliphatic rings. The number of piperidine rings is 1. The first-order valence-electron chi connectivity index (χ1n) is 10.2. The van der Waals surface area contributed by atoms with Gasteiger partial charge in [-0.15, -0.1) is 0 Å². The van der Waals surface area contributed by atoms with Crippen LogP contribution in [0, 0.1) is 11.8 Å². The van der Waals surface area contributed by atoms with Gasteiger partial charge >= 0.3 is 0 Å². The summed E-state index contributed by atoms with van der Waals surface area (Å²) >= 11 is 0. The standard InChI is InChI=1S/C25H25N/c1-3-11-19-17(9-1)18-10-2-4-12-20(18)25(19)21-13-5-7-15-23(21)26-24-16-8-6-14-22(24)25/h1,3,5,7,9-13,15-16,21-23,26H,2,4,6,8,14H2. The highest BCUT2D eigenvalue weighted by atomic mass is 15.0. The van der Waals surface area contributed by atoms with Crippen LogP contribution in [0.3, 0.4) is 0 Å². The van der Waals surface area contributed by atoms with Crippen molar-refractivity contribution in [1.82, 2.24) is 5.32 Å². The van der Waals surface area contributed by atoms with E-state index >= 15 is 0 Å². The van der Waals surface area contributed by atoms with Crippen LogP contribution in [0.15, 0.2) is 78.1 Å². The summed E-state index contributed by atoms with van der Waals surface area (Å²) in [6, 6.07) is 9.66. The number of hydrogen-bond acceptors (Lipinski definition) is 1. The quantitative estimate of drug-likeness (QED) is 0.664. The Bertz CT molecular complexity index is 921. The van der Waals surface area contributed by atoms with E-state index in [1.807, 2.05) is 0 Å². The molecule has 0 amide bonds. The van der Waals surface area contributed by atoms with Crippen LogP contribution in [-0.4, -0.2) is 6.04 Å². The molecular formula is C25H25N. The molecule has 1 nitrogen and oxygen atoms in total. The van der Waals surface area contributed by atoms with Crippen molar-refractivity contribution < 1.29 is 0 Å². The molecule has 130 valence electrons. The Balaban J connectivity index is 1.69. The Morgan fingerprint density at radius 3 is 2.81 bits per heavy atom. The van der Waals surface area contributed by atoms with Crippen molar-refractivity contribution >= 4 is 5.57 Å². The number of benzene rings is 1. The molecule has 0 saturated carbocycles. The van der Waals surface area contributed by atoms with Gasteiger partial charge in [0, 0.05) is 22.9 Å². The van der Waals surface area contributed by atoms with Crippen LogP contribution >= 0.6 is 0 Å². The summed E-state index contributed by atoms with van der Waals surface area (Å²) in [6.45, 7) is 0. The maximum Gasteiger partial charge on any atom is 0.0519 e. The number of hydrogen-bond donors (Lipinski definition) is 1. The van der Waals surface area contributed by atoms with Crippen molar-refractivity contribution in [3.05, 3.63) is 89.2 Å². The summed E-state index contributed by atoms with van der Waals surface area (Å²) in [5.41, 5.74) is 7.83. The molecule has 1 saturated heterocycles. The summed E-state index contributed by atoms with van der Waals surface area (Å²) in [7, 11) is 0. The zero-order valence-corrected chi connectivity index (χ0v) is 15.1. The number of rotatable bonds is 0. The predicted molar refractivity (Wildman–Crippen MR) is 108 cm³/mol. The lowest BCUT2D eigenvalue weighted by Crippen LogP contribution is -2.58. The molecule has 1 spiro atoms. The number of fused-ring (bicyclic) bond motifs is 9. The average molecular weight is 339 g/mol. The van der Waals surface area contributed by atoms with E-state index in [2.05, 4.69) is 72.1 Å². The lowest BCUT2D eigenvalue weighted by atomic mass is 9.53. The molecule has 6 rings (SSSR count). The van der Waals surface area contributed by atoms with Crippen molar-refractivity contribution in [1.29, 1.82) is 0 Å². The van der Waals surface area contributed by atoms with Crippen LogP contribution in [0.4, 0.5) is 0 Å². The van der Waals surface area contributed by atoms with Gasteiger partial charge in [-0.25, -0.2) is 0 Å². The first-order valence-corrected chi connectivity index (χ1v) is 10.2. The predicted octanol–water partition coefficient (Wildman–Crippen LogP) is 5.44. The van der Waals surface area contributed by atoms with E-state index in [1.54, 1.807) is 11.1 Å². The average Bonchev–Trinajstić information content (AvgIpc) is 3.00. The van der Waals surface area contributed by atoms with Gasteiger partial charge in [0.1, 0.15) is 0 Å². The van der Waals surface area contributed by atoms with Crippen molar-refractivity contribution in [2.45, 2.75) is 43.6 Å². The molecule has 1 fully saturated rings. The fourth-order valence-corrected chi connectivity index (χ4v) is 6.39. The van der Waals surface area contributed by atoms with Gasteiger partial charge in [-0.2, -0.15) is 0 Å². The Labute approximate surface area is 155 Å². The van der Waals surface area contributed by atoms with Crippen LogP contribution in [0.5, 0.6) is 0 Å². The summed E-state index contributed by atoms with van der Waals surface area (Å²) in [4.78, 5) is 0. The van der Waals surface area contributed by atoms with Crippen LogP contribution < -0.4 is 5.32 Å². The van der Waals surface area contributed by atoms with Gasteiger partial charge < -0.3 is 5.32 Å². The SMILES string of the molecule is C1=CC2NC3=CCCCC3C3(C4=CCCC=C4c4ccccc43)C2C=C1. The molecule has 4 atom stereocenters. The molecule has 0 radical (unpaired) electrons. The maximum absolute atomic E-state index is 3.91. The van der Waals surface area contributed by atoms with E-state index in [0.717, 1.165) is 0 Å². The lowest BCUT2D eigenvalue weighted by Gasteiger charge is -2.54. The van der Waals surface area contributed by atoms with Crippen molar-refractivity contribution in [3.63, 3.8) is 0 Å². The second-order valence-corrected chi connectivity index (χ2v) is 8.34. The molecule has 0 bridgehead atoms. The van der Waals surface area contributed by atoms with Crippen LogP contribution in [0.2, 0.25) is 0 Å². The minimum absolute atomic E-state index is 0.103. The molecule has 1 aromatic rings.